The maximum atomic E-state index is 12.6. The standard InChI is InChI=1S/C11H9FN2OS/c1-7-13-10(6-16-7)11(15)14-9-4-2-8(12)3-5-9/h2-6H,1H3,(H,14,15). The van der Waals surface area contributed by atoms with Crippen molar-refractivity contribution in [3.05, 3.63) is 46.2 Å². The van der Waals surface area contributed by atoms with Gasteiger partial charge in [-0.25, -0.2) is 9.37 Å². The fourth-order valence-corrected chi connectivity index (χ4v) is 1.79. The van der Waals surface area contributed by atoms with Gasteiger partial charge in [0.25, 0.3) is 5.91 Å². The van der Waals surface area contributed by atoms with Crippen LogP contribution in [0, 0.1) is 12.7 Å². The van der Waals surface area contributed by atoms with Gasteiger partial charge in [0.1, 0.15) is 11.5 Å². The highest BCUT2D eigenvalue weighted by Gasteiger charge is 2.09. The van der Waals surface area contributed by atoms with Crippen molar-refractivity contribution in [2.45, 2.75) is 6.92 Å². The molecule has 0 aliphatic rings. The Morgan fingerprint density at radius 3 is 2.62 bits per heavy atom. The van der Waals surface area contributed by atoms with Gasteiger partial charge in [0, 0.05) is 11.1 Å². The molecule has 3 nitrogen and oxygen atoms in total. The number of nitrogens with one attached hydrogen (secondary N) is 1. The van der Waals surface area contributed by atoms with Crippen LogP contribution in [0.3, 0.4) is 0 Å². The van der Waals surface area contributed by atoms with Gasteiger partial charge in [-0.1, -0.05) is 0 Å². The van der Waals surface area contributed by atoms with Crippen LogP contribution in [-0.2, 0) is 0 Å². The van der Waals surface area contributed by atoms with Crippen LogP contribution >= 0.6 is 11.3 Å². The lowest BCUT2D eigenvalue weighted by Gasteiger charge is -2.02. The molecule has 0 aliphatic heterocycles. The van der Waals surface area contributed by atoms with Crippen molar-refractivity contribution < 1.29 is 9.18 Å². The topological polar surface area (TPSA) is 42.0 Å². The van der Waals surface area contributed by atoms with Gasteiger partial charge < -0.3 is 5.32 Å². The van der Waals surface area contributed by atoms with Crippen molar-refractivity contribution in [1.82, 2.24) is 4.98 Å². The molecule has 1 aromatic heterocycles. The van der Waals surface area contributed by atoms with Crippen molar-refractivity contribution in [2.24, 2.45) is 0 Å². The third-order valence-corrected chi connectivity index (χ3v) is 2.73. The predicted octanol–water partition coefficient (Wildman–Crippen LogP) is 2.84. The molecular formula is C11H9FN2OS. The van der Waals surface area contributed by atoms with E-state index < -0.39 is 0 Å². The van der Waals surface area contributed by atoms with Gasteiger partial charge in [-0.15, -0.1) is 11.3 Å². The van der Waals surface area contributed by atoms with Gasteiger partial charge in [0.2, 0.25) is 0 Å². The van der Waals surface area contributed by atoms with E-state index in [4.69, 9.17) is 0 Å². The molecule has 1 amide bonds. The van der Waals surface area contributed by atoms with E-state index in [0.29, 0.717) is 11.4 Å². The number of aromatic nitrogens is 1. The number of rotatable bonds is 2. The number of benzene rings is 1. The number of amides is 1. The van der Waals surface area contributed by atoms with E-state index in [-0.39, 0.29) is 11.7 Å². The SMILES string of the molecule is Cc1nc(C(=O)Nc2ccc(F)cc2)cs1. The molecule has 2 aromatic rings. The summed E-state index contributed by atoms with van der Waals surface area (Å²) in [5.74, 6) is -0.613. The predicted molar refractivity (Wildman–Crippen MR) is 61.2 cm³/mol. The molecule has 5 heteroatoms. The van der Waals surface area contributed by atoms with Crippen LogP contribution in [0.4, 0.5) is 10.1 Å². The van der Waals surface area contributed by atoms with Gasteiger partial charge in [0.15, 0.2) is 0 Å². The third kappa shape index (κ3) is 2.43. The maximum absolute atomic E-state index is 12.6. The summed E-state index contributed by atoms with van der Waals surface area (Å²) in [5.41, 5.74) is 0.934. The lowest BCUT2D eigenvalue weighted by Crippen LogP contribution is -2.12. The van der Waals surface area contributed by atoms with E-state index in [1.807, 2.05) is 6.92 Å². The Kier molecular flexibility index (Phi) is 2.96. The number of halogens is 1. The van der Waals surface area contributed by atoms with Crippen molar-refractivity contribution in [3.8, 4) is 0 Å². The Morgan fingerprint density at radius 1 is 1.38 bits per heavy atom. The van der Waals surface area contributed by atoms with Gasteiger partial charge >= 0.3 is 0 Å². The van der Waals surface area contributed by atoms with Gasteiger partial charge in [-0.05, 0) is 31.2 Å². The first-order valence-electron chi connectivity index (χ1n) is 4.64. The Balaban J connectivity index is 2.10. The highest BCUT2D eigenvalue weighted by atomic mass is 32.1. The maximum Gasteiger partial charge on any atom is 0.275 e. The summed E-state index contributed by atoms with van der Waals surface area (Å²) in [4.78, 5) is 15.7. The van der Waals surface area contributed by atoms with Gasteiger partial charge in [-0.3, -0.25) is 4.79 Å². The van der Waals surface area contributed by atoms with Crippen molar-refractivity contribution in [3.63, 3.8) is 0 Å². The van der Waals surface area contributed by atoms with E-state index >= 15 is 0 Å². The zero-order chi connectivity index (χ0) is 11.5. The van der Waals surface area contributed by atoms with Gasteiger partial charge in [-0.2, -0.15) is 0 Å². The molecule has 0 bridgehead atoms. The van der Waals surface area contributed by atoms with E-state index in [9.17, 15) is 9.18 Å². The Morgan fingerprint density at radius 2 is 2.06 bits per heavy atom. The van der Waals surface area contributed by atoms with E-state index in [2.05, 4.69) is 10.3 Å². The number of thiazole rings is 1. The van der Waals surface area contributed by atoms with Crippen LogP contribution in [0.1, 0.15) is 15.5 Å². The molecular weight excluding hydrogens is 227 g/mol. The Labute approximate surface area is 96.0 Å². The minimum atomic E-state index is -0.331. The van der Waals surface area contributed by atoms with Crippen molar-refractivity contribution >= 4 is 22.9 Å². The molecule has 0 saturated heterocycles. The van der Waals surface area contributed by atoms with Crippen molar-refractivity contribution in [2.75, 3.05) is 5.32 Å². The zero-order valence-electron chi connectivity index (χ0n) is 8.53. The zero-order valence-corrected chi connectivity index (χ0v) is 9.34. The summed E-state index contributed by atoms with van der Waals surface area (Å²) in [6.45, 7) is 1.83. The van der Waals surface area contributed by atoms with Crippen LogP contribution in [0.2, 0.25) is 0 Å². The lowest BCUT2D eigenvalue weighted by atomic mass is 10.3. The summed E-state index contributed by atoms with van der Waals surface area (Å²) in [7, 11) is 0. The molecule has 0 fully saturated rings. The van der Waals surface area contributed by atoms with Crippen LogP contribution in [0.25, 0.3) is 0 Å². The number of hydrogen-bond acceptors (Lipinski definition) is 3. The first-order valence-corrected chi connectivity index (χ1v) is 5.52. The number of anilines is 1. The molecule has 0 radical (unpaired) electrons. The van der Waals surface area contributed by atoms with E-state index in [1.165, 1.54) is 35.6 Å². The summed E-state index contributed by atoms with van der Waals surface area (Å²) in [6, 6.07) is 5.60. The molecule has 0 atom stereocenters. The highest BCUT2D eigenvalue weighted by Crippen LogP contribution is 2.12. The second kappa shape index (κ2) is 4.40. The normalized spacial score (nSPS) is 10.1. The number of carbonyl (C=O) groups is 1. The number of aryl methyl sites for hydroxylation is 1. The van der Waals surface area contributed by atoms with E-state index in [0.717, 1.165) is 5.01 Å². The average molecular weight is 236 g/mol. The van der Waals surface area contributed by atoms with Crippen LogP contribution in [-0.4, -0.2) is 10.9 Å². The first-order chi connectivity index (χ1) is 7.65. The molecule has 0 spiro atoms. The first kappa shape index (κ1) is 10.8. The second-order valence-corrected chi connectivity index (χ2v) is 4.28. The fraction of sp³-hybridized carbons (Fsp3) is 0.0909. The monoisotopic (exact) mass is 236 g/mol. The molecule has 16 heavy (non-hydrogen) atoms. The number of hydrogen-bond donors (Lipinski definition) is 1. The molecule has 0 saturated carbocycles. The summed E-state index contributed by atoms with van der Waals surface area (Å²) < 4.78 is 12.6. The molecule has 0 unspecified atom stereocenters. The largest absolute Gasteiger partial charge is 0.321 e. The second-order valence-electron chi connectivity index (χ2n) is 3.21. The molecule has 1 heterocycles. The lowest BCUT2D eigenvalue weighted by molar-refractivity contribution is 0.102. The number of carbonyl (C=O) groups excluding carboxylic acids is 1. The highest BCUT2D eigenvalue weighted by molar-refractivity contribution is 7.09. The van der Waals surface area contributed by atoms with Gasteiger partial charge in [0.05, 0.1) is 5.01 Å². The quantitative estimate of drug-likeness (QED) is 0.871. The minimum Gasteiger partial charge on any atom is -0.321 e. The van der Waals surface area contributed by atoms with Crippen LogP contribution in [0.5, 0.6) is 0 Å². The minimum absolute atomic E-state index is 0.282. The summed E-state index contributed by atoms with van der Waals surface area (Å²) in [5, 5.41) is 5.16. The third-order valence-electron chi connectivity index (χ3n) is 1.95. The van der Waals surface area contributed by atoms with Crippen LogP contribution < -0.4 is 5.32 Å². The summed E-state index contributed by atoms with van der Waals surface area (Å²) in [6.07, 6.45) is 0. The van der Waals surface area contributed by atoms with E-state index in [1.54, 1.807) is 5.38 Å². The summed E-state index contributed by atoms with van der Waals surface area (Å²) >= 11 is 1.41. The fourth-order valence-electron chi connectivity index (χ4n) is 1.20. The van der Waals surface area contributed by atoms with Crippen molar-refractivity contribution in [1.29, 1.82) is 0 Å². The molecule has 82 valence electrons. The molecule has 0 aliphatic carbocycles. The molecule has 2 rings (SSSR count). The smallest absolute Gasteiger partial charge is 0.275 e. The Hall–Kier alpha value is -1.75. The average Bonchev–Trinajstić information content (AvgIpc) is 2.68. The molecule has 1 aromatic carbocycles. The van der Waals surface area contributed by atoms with Crippen LogP contribution in [0.15, 0.2) is 29.6 Å². The molecule has 1 N–H and O–H groups in total. The Bertz CT molecular complexity index is 507. The number of nitrogens with zero attached hydrogens (tertiary/aromatic N) is 1.